The monoisotopic (exact) mass is 154 g/mol. The molecule has 0 saturated carbocycles. The first kappa shape index (κ1) is 8.24. The highest BCUT2D eigenvalue weighted by molar-refractivity contribution is 5.87. The van der Waals surface area contributed by atoms with Crippen molar-refractivity contribution in [2.75, 3.05) is 20.1 Å². The molecule has 0 spiro atoms. The van der Waals surface area contributed by atoms with Crippen LogP contribution in [0.25, 0.3) is 0 Å². The molecule has 0 N–H and O–H groups in total. The van der Waals surface area contributed by atoms with Crippen molar-refractivity contribution in [2.24, 2.45) is 4.99 Å². The van der Waals surface area contributed by atoms with Crippen molar-refractivity contribution < 1.29 is 4.79 Å². The van der Waals surface area contributed by atoms with Crippen molar-refractivity contribution in [3.05, 3.63) is 0 Å². The van der Waals surface area contributed by atoms with E-state index in [9.17, 15) is 4.79 Å². The van der Waals surface area contributed by atoms with E-state index in [1.165, 1.54) is 0 Å². The van der Waals surface area contributed by atoms with Gasteiger partial charge in [0.25, 0.3) is 0 Å². The lowest BCUT2D eigenvalue weighted by Gasteiger charge is -2.12. The van der Waals surface area contributed by atoms with Crippen molar-refractivity contribution in [3.8, 4) is 0 Å². The second-order valence-corrected chi connectivity index (χ2v) is 2.92. The molecule has 1 aliphatic heterocycles. The first-order valence-electron chi connectivity index (χ1n) is 3.94. The summed E-state index contributed by atoms with van der Waals surface area (Å²) in [5, 5.41) is 0. The maximum absolute atomic E-state index is 10.6. The van der Waals surface area contributed by atoms with E-state index >= 15 is 0 Å². The predicted molar refractivity (Wildman–Crippen MR) is 44.8 cm³/mol. The number of likely N-dealkylation sites (N-methyl/N-ethyl adjacent to an activating group) is 1. The summed E-state index contributed by atoms with van der Waals surface area (Å²) in [5.74, 6) is 1.33. The van der Waals surface area contributed by atoms with E-state index < -0.39 is 0 Å². The summed E-state index contributed by atoms with van der Waals surface area (Å²) < 4.78 is 0. The highest BCUT2D eigenvalue weighted by atomic mass is 16.1. The first-order valence-corrected chi connectivity index (χ1v) is 3.94. The molecule has 62 valence electrons. The van der Waals surface area contributed by atoms with E-state index in [-0.39, 0.29) is 5.78 Å². The molecule has 0 unspecified atom stereocenters. The summed E-state index contributed by atoms with van der Waals surface area (Å²) in [6, 6.07) is 0. The van der Waals surface area contributed by atoms with Crippen molar-refractivity contribution in [1.82, 2.24) is 4.90 Å². The number of hydrogen-bond donors (Lipinski definition) is 0. The number of carbonyl (C=O) groups is 1. The summed E-state index contributed by atoms with van der Waals surface area (Å²) >= 11 is 0. The Balaban J connectivity index is 2.31. The van der Waals surface area contributed by atoms with Gasteiger partial charge >= 0.3 is 0 Å². The van der Waals surface area contributed by atoms with Gasteiger partial charge in [0.15, 0.2) is 0 Å². The van der Waals surface area contributed by atoms with Crippen LogP contribution in [0.3, 0.4) is 0 Å². The number of hydrogen-bond acceptors (Lipinski definition) is 3. The molecule has 0 amide bonds. The van der Waals surface area contributed by atoms with Crippen LogP contribution in [0.5, 0.6) is 0 Å². The van der Waals surface area contributed by atoms with Crippen LogP contribution < -0.4 is 0 Å². The molecule has 1 aliphatic rings. The van der Waals surface area contributed by atoms with Gasteiger partial charge in [-0.1, -0.05) is 0 Å². The van der Waals surface area contributed by atoms with Crippen LogP contribution in [0.1, 0.15) is 19.8 Å². The van der Waals surface area contributed by atoms with Crippen molar-refractivity contribution in [1.29, 1.82) is 0 Å². The number of ketones is 1. The maximum atomic E-state index is 10.6. The molecule has 0 aromatic rings. The Bertz CT molecular complexity index is 187. The van der Waals surface area contributed by atoms with Gasteiger partial charge in [0, 0.05) is 26.4 Å². The number of amidine groups is 1. The average Bonchev–Trinajstić information content (AvgIpc) is 2.31. The van der Waals surface area contributed by atoms with Gasteiger partial charge in [0.05, 0.1) is 12.4 Å². The molecule has 0 aliphatic carbocycles. The zero-order valence-electron chi connectivity index (χ0n) is 7.13. The van der Waals surface area contributed by atoms with Crippen molar-refractivity contribution in [3.63, 3.8) is 0 Å². The number of nitrogens with zero attached hydrogens (tertiary/aromatic N) is 2. The van der Waals surface area contributed by atoms with Crippen LogP contribution in [-0.4, -0.2) is 36.7 Å². The van der Waals surface area contributed by atoms with Crippen LogP contribution in [0.15, 0.2) is 4.99 Å². The first-order chi connectivity index (χ1) is 5.20. The smallest absolute Gasteiger partial charge is 0.130 e. The van der Waals surface area contributed by atoms with Gasteiger partial charge in [0.1, 0.15) is 5.78 Å². The molecule has 3 nitrogen and oxygen atoms in total. The minimum absolute atomic E-state index is 0.244. The van der Waals surface area contributed by atoms with Gasteiger partial charge in [-0.25, -0.2) is 0 Å². The molecule has 0 radical (unpaired) electrons. The number of aliphatic imine (C=N–C) groups is 1. The number of Topliss-reactive ketones (excluding diaryl/α,β-unsaturated/α-hetero) is 1. The molecule has 3 heteroatoms. The maximum Gasteiger partial charge on any atom is 0.130 e. The lowest BCUT2D eigenvalue weighted by Crippen LogP contribution is -2.22. The summed E-state index contributed by atoms with van der Waals surface area (Å²) in [6.45, 7) is 3.52. The van der Waals surface area contributed by atoms with Crippen LogP contribution in [0, 0.1) is 0 Å². The lowest BCUT2D eigenvalue weighted by atomic mass is 10.2. The zero-order valence-corrected chi connectivity index (χ0v) is 7.13. The molecule has 0 aromatic heterocycles. The fourth-order valence-corrected chi connectivity index (χ4v) is 1.14. The summed E-state index contributed by atoms with van der Waals surface area (Å²) in [4.78, 5) is 17.0. The summed E-state index contributed by atoms with van der Waals surface area (Å²) in [6.07, 6.45) is 1.44. The van der Waals surface area contributed by atoms with Crippen LogP contribution in [0.4, 0.5) is 0 Å². The van der Waals surface area contributed by atoms with Gasteiger partial charge < -0.3 is 9.69 Å². The van der Waals surface area contributed by atoms with E-state index in [0.29, 0.717) is 6.42 Å². The topological polar surface area (TPSA) is 32.7 Å². The Labute approximate surface area is 67.1 Å². The van der Waals surface area contributed by atoms with E-state index in [2.05, 4.69) is 9.89 Å². The van der Waals surface area contributed by atoms with Gasteiger partial charge in [-0.3, -0.25) is 4.99 Å². The van der Waals surface area contributed by atoms with E-state index in [4.69, 9.17) is 0 Å². The highest BCUT2D eigenvalue weighted by Gasteiger charge is 2.11. The third-order valence-electron chi connectivity index (χ3n) is 1.87. The quantitative estimate of drug-likeness (QED) is 0.599. The Morgan fingerprint density at radius 1 is 1.73 bits per heavy atom. The van der Waals surface area contributed by atoms with E-state index in [1.54, 1.807) is 6.92 Å². The Hall–Kier alpha value is -0.860. The van der Waals surface area contributed by atoms with Crippen LogP contribution in [-0.2, 0) is 4.79 Å². The second-order valence-electron chi connectivity index (χ2n) is 2.92. The van der Waals surface area contributed by atoms with E-state index in [0.717, 1.165) is 25.3 Å². The predicted octanol–water partition coefficient (Wildman–Crippen LogP) is 0.700. The molecule has 11 heavy (non-hydrogen) atoms. The lowest BCUT2D eigenvalue weighted by molar-refractivity contribution is -0.116. The van der Waals surface area contributed by atoms with Gasteiger partial charge in [-0.15, -0.1) is 0 Å². The minimum Gasteiger partial charge on any atom is -0.362 e. The zero-order chi connectivity index (χ0) is 8.27. The molecule has 1 rings (SSSR count). The fraction of sp³-hybridized carbons (Fsp3) is 0.750. The standard InChI is InChI=1S/C8H14N2O/c1-7(11)3-4-8-9-5-6-10(8)2/h3-6H2,1-2H3. The molecule has 0 bridgehead atoms. The third-order valence-corrected chi connectivity index (χ3v) is 1.87. The molecule has 0 aromatic carbocycles. The Morgan fingerprint density at radius 3 is 2.91 bits per heavy atom. The van der Waals surface area contributed by atoms with Crippen LogP contribution in [0.2, 0.25) is 0 Å². The average molecular weight is 154 g/mol. The third kappa shape index (κ3) is 2.33. The van der Waals surface area contributed by atoms with E-state index in [1.807, 2.05) is 7.05 Å². The van der Waals surface area contributed by atoms with Crippen molar-refractivity contribution in [2.45, 2.75) is 19.8 Å². The van der Waals surface area contributed by atoms with Crippen LogP contribution >= 0.6 is 0 Å². The largest absolute Gasteiger partial charge is 0.362 e. The Morgan fingerprint density at radius 2 is 2.45 bits per heavy atom. The number of carbonyl (C=O) groups excluding carboxylic acids is 1. The molecule has 0 fully saturated rings. The molecular weight excluding hydrogens is 140 g/mol. The normalized spacial score (nSPS) is 16.9. The molecular formula is C8H14N2O. The summed E-state index contributed by atoms with van der Waals surface area (Å²) in [7, 11) is 2.02. The van der Waals surface area contributed by atoms with Crippen molar-refractivity contribution >= 4 is 11.6 Å². The second kappa shape index (κ2) is 3.51. The SMILES string of the molecule is CC(=O)CCC1=NCCN1C. The van der Waals surface area contributed by atoms with Gasteiger partial charge in [-0.2, -0.15) is 0 Å². The van der Waals surface area contributed by atoms with Gasteiger partial charge in [0.2, 0.25) is 0 Å². The fourth-order valence-electron chi connectivity index (χ4n) is 1.14. The summed E-state index contributed by atoms with van der Waals surface area (Å²) in [5.41, 5.74) is 0. The minimum atomic E-state index is 0.244. The number of rotatable bonds is 3. The highest BCUT2D eigenvalue weighted by Crippen LogP contribution is 2.04. The molecule has 1 heterocycles. The Kier molecular flexibility index (Phi) is 2.63. The molecule has 0 saturated heterocycles. The van der Waals surface area contributed by atoms with Gasteiger partial charge in [-0.05, 0) is 6.92 Å². The molecule has 0 atom stereocenters.